The van der Waals surface area contributed by atoms with Gasteiger partial charge in [0.2, 0.25) is 0 Å². The van der Waals surface area contributed by atoms with E-state index in [9.17, 15) is 5.11 Å². The van der Waals surface area contributed by atoms with Gasteiger partial charge in [0.1, 0.15) is 11.8 Å². The predicted octanol–water partition coefficient (Wildman–Crippen LogP) is 3.78. The van der Waals surface area contributed by atoms with Crippen molar-refractivity contribution in [3.63, 3.8) is 0 Å². The Morgan fingerprint density at radius 2 is 1.94 bits per heavy atom. The molecule has 0 radical (unpaired) electrons. The summed E-state index contributed by atoms with van der Waals surface area (Å²) in [6.45, 7) is 2.21. The number of rotatable bonds is 6. The Hall–Kier alpha value is -1.49. The van der Waals surface area contributed by atoms with E-state index in [1.807, 2.05) is 12.1 Å². The second kappa shape index (κ2) is 6.90. The van der Waals surface area contributed by atoms with Crippen LogP contribution in [0, 0.1) is 11.3 Å². The summed E-state index contributed by atoms with van der Waals surface area (Å²) >= 11 is 0. The molecule has 0 atom stereocenters. The molecule has 1 aromatic rings. The van der Waals surface area contributed by atoms with Crippen LogP contribution in [0.5, 0.6) is 5.75 Å². The molecule has 1 N–H and O–H groups in total. The smallest absolute Gasteiger partial charge is 0.133 e. The highest BCUT2D eigenvalue weighted by Gasteiger charge is 2.01. The molecular weight excluding hydrogens is 198 g/mol. The van der Waals surface area contributed by atoms with Crippen molar-refractivity contribution in [3.8, 4) is 11.8 Å². The number of aromatic hydroxyl groups is 1. The Kier molecular flexibility index (Phi) is 5.42. The van der Waals surface area contributed by atoms with Gasteiger partial charge < -0.3 is 5.11 Å². The third-order valence-corrected chi connectivity index (χ3v) is 2.75. The molecule has 1 aromatic carbocycles. The third-order valence-electron chi connectivity index (χ3n) is 2.75. The fraction of sp³-hybridized carbons (Fsp3) is 0.500. The second-order valence-corrected chi connectivity index (χ2v) is 4.13. The van der Waals surface area contributed by atoms with Gasteiger partial charge in [-0.25, -0.2) is 0 Å². The standard InChI is InChI=1S/C14H19NO/c1-2-3-4-5-6-7-12-8-9-14(16)13(10-12)11-15/h8-10,16H,2-7H2,1H3. The second-order valence-electron chi connectivity index (χ2n) is 4.13. The summed E-state index contributed by atoms with van der Waals surface area (Å²) in [6, 6.07) is 7.29. The van der Waals surface area contributed by atoms with Crippen LogP contribution in [-0.4, -0.2) is 5.11 Å². The molecule has 1 rings (SSSR count). The summed E-state index contributed by atoms with van der Waals surface area (Å²) in [5.41, 5.74) is 1.52. The number of nitriles is 1. The van der Waals surface area contributed by atoms with Gasteiger partial charge in [-0.15, -0.1) is 0 Å². The van der Waals surface area contributed by atoms with Crippen LogP contribution in [0.4, 0.5) is 0 Å². The van der Waals surface area contributed by atoms with Crippen molar-refractivity contribution in [1.29, 1.82) is 5.26 Å². The zero-order valence-electron chi connectivity index (χ0n) is 9.87. The average molecular weight is 217 g/mol. The number of unbranched alkanes of at least 4 members (excludes halogenated alkanes) is 4. The maximum atomic E-state index is 9.35. The summed E-state index contributed by atoms with van der Waals surface area (Å²) in [5, 5.41) is 18.1. The highest BCUT2D eigenvalue weighted by atomic mass is 16.3. The average Bonchev–Trinajstić information content (AvgIpc) is 2.31. The zero-order valence-corrected chi connectivity index (χ0v) is 9.87. The quantitative estimate of drug-likeness (QED) is 0.737. The van der Waals surface area contributed by atoms with Crippen LogP contribution in [0.2, 0.25) is 0 Å². The van der Waals surface area contributed by atoms with Crippen molar-refractivity contribution in [2.24, 2.45) is 0 Å². The number of hydrogen-bond donors (Lipinski definition) is 1. The van der Waals surface area contributed by atoms with Gasteiger partial charge in [0, 0.05) is 0 Å². The number of hydrogen-bond acceptors (Lipinski definition) is 2. The van der Waals surface area contributed by atoms with Crippen molar-refractivity contribution in [2.75, 3.05) is 0 Å². The zero-order chi connectivity index (χ0) is 11.8. The molecule has 16 heavy (non-hydrogen) atoms. The molecule has 86 valence electrons. The summed E-state index contributed by atoms with van der Waals surface area (Å²) in [6.07, 6.45) is 7.27. The summed E-state index contributed by atoms with van der Waals surface area (Å²) in [7, 11) is 0. The van der Waals surface area contributed by atoms with E-state index in [0.29, 0.717) is 5.56 Å². The van der Waals surface area contributed by atoms with Gasteiger partial charge in [0.25, 0.3) is 0 Å². The number of nitrogens with zero attached hydrogens (tertiary/aromatic N) is 1. The molecular formula is C14H19NO. The molecule has 0 heterocycles. The molecule has 2 nitrogen and oxygen atoms in total. The normalized spacial score (nSPS) is 10.0. The Labute approximate surface area is 97.5 Å². The molecule has 0 aliphatic rings. The lowest BCUT2D eigenvalue weighted by atomic mass is 10.0. The molecule has 2 heteroatoms. The monoisotopic (exact) mass is 217 g/mol. The summed E-state index contributed by atoms with van der Waals surface area (Å²) in [5.74, 6) is 0.0808. The van der Waals surface area contributed by atoms with Gasteiger partial charge in [-0.3, -0.25) is 0 Å². The van der Waals surface area contributed by atoms with E-state index in [0.717, 1.165) is 18.4 Å². The van der Waals surface area contributed by atoms with E-state index in [1.165, 1.54) is 25.7 Å². The minimum Gasteiger partial charge on any atom is -0.507 e. The van der Waals surface area contributed by atoms with E-state index >= 15 is 0 Å². The topological polar surface area (TPSA) is 44.0 Å². The maximum absolute atomic E-state index is 9.35. The Morgan fingerprint density at radius 1 is 1.19 bits per heavy atom. The SMILES string of the molecule is CCCCCCCc1ccc(O)c(C#N)c1. The molecule has 0 aromatic heterocycles. The minimum atomic E-state index is 0.0808. The van der Waals surface area contributed by atoms with E-state index < -0.39 is 0 Å². The summed E-state index contributed by atoms with van der Waals surface area (Å²) < 4.78 is 0. The first-order valence-electron chi connectivity index (χ1n) is 6.00. The number of phenolic OH excluding ortho intramolecular Hbond substituents is 1. The minimum absolute atomic E-state index is 0.0808. The molecule has 0 bridgehead atoms. The van der Waals surface area contributed by atoms with Crippen LogP contribution in [0.1, 0.15) is 50.2 Å². The van der Waals surface area contributed by atoms with Gasteiger partial charge in [0.05, 0.1) is 5.56 Å². The van der Waals surface area contributed by atoms with Crippen molar-refractivity contribution >= 4 is 0 Å². The van der Waals surface area contributed by atoms with Crippen molar-refractivity contribution in [2.45, 2.75) is 45.4 Å². The summed E-state index contributed by atoms with van der Waals surface area (Å²) in [4.78, 5) is 0. The largest absolute Gasteiger partial charge is 0.507 e. The lowest BCUT2D eigenvalue weighted by molar-refractivity contribution is 0.473. The van der Waals surface area contributed by atoms with Crippen LogP contribution in [-0.2, 0) is 6.42 Å². The molecule has 0 unspecified atom stereocenters. The van der Waals surface area contributed by atoms with Crippen molar-refractivity contribution in [1.82, 2.24) is 0 Å². The lowest BCUT2D eigenvalue weighted by Gasteiger charge is -2.03. The van der Waals surface area contributed by atoms with Crippen LogP contribution in [0.25, 0.3) is 0 Å². The van der Waals surface area contributed by atoms with Crippen LogP contribution >= 0.6 is 0 Å². The molecule has 0 amide bonds. The molecule has 0 saturated heterocycles. The first kappa shape index (κ1) is 12.6. The number of phenols is 1. The highest BCUT2D eigenvalue weighted by molar-refractivity contribution is 5.44. The fourth-order valence-electron chi connectivity index (χ4n) is 1.76. The Bertz CT molecular complexity index is 365. The molecule has 0 aliphatic heterocycles. The van der Waals surface area contributed by atoms with Gasteiger partial charge in [-0.1, -0.05) is 38.7 Å². The lowest BCUT2D eigenvalue weighted by Crippen LogP contribution is -1.88. The van der Waals surface area contributed by atoms with Gasteiger partial charge >= 0.3 is 0 Å². The number of aryl methyl sites for hydroxylation is 1. The highest BCUT2D eigenvalue weighted by Crippen LogP contribution is 2.18. The first-order valence-corrected chi connectivity index (χ1v) is 6.00. The molecule has 0 spiro atoms. The van der Waals surface area contributed by atoms with Crippen LogP contribution in [0.15, 0.2) is 18.2 Å². The van der Waals surface area contributed by atoms with Gasteiger partial charge in [-0.2, -0.15) is 5.26 Å². The van der Waals surface area contributed by atoms with E-state index in [2.05, 4.69) is 6.92 Å². The molecule has 0 aliphatic carbocycles. The third kappa shape index (κ3) is 3.94. The first-order chi connectivity index (χ1) is 7.77. The van der Waals surface area contributed by atoms with Gasteiger partial charge in [-0.05, 0) is 30.5 Å². The van der Waals surface area contributed by atoms with Crippen LogP contribution < -0.4 is 0 Å². The van der Waals surface area contributed by atoms with Crippen molar-refractivity contribution < 1.29 is 5.11 Å². The Balaban J connectivity index is 2.40. The Morgan fingerprint density at radius 3 is 2.62 bits per heavy atom. The molecule has 0 fully saturated rings. The van der Waals surface area contributed by atoms with Crippen LogP contribution in [0.3, 0.4) is 0 Å². The molecule has 0 saturated carbocycles. The predicted molar refractivity (Wildman–Crippen MR) is 65.3 cm³/mol. The maximum Gasteiger partial charge on any atom is 0.133 e. The van der Waals surface area contributed by atoms with E-state index in [1.54, 1.807) is 12.1 Å². The van der Waals surface area contributed by atoms with E-state index in [4.69, 9.17) is 5.26 Å². The fourth-order valence-corrected chi connectivity index (χ4v) is 1.76. The van der Waals surface area contributed by atoms with Gasteiger partial charge in [0.15, 0.2) is 0 Å². The number of benzene rings is 1. The van der Waals surface area contributed by atoms with Crippen molar-refractivity contribution in [3.05, 3.63) is 29.3 Å². The van der Waals surface area contributed by atoms with E-state index in [-0.39, 0.29) is 5.75 Å².